The summed E-state index contributed by atoms with van der Waals surface area (Å²) < 4.78 is 5.61. The number of carbonyl (C=O) groups excluding carboxylic acids is 1. The Labute approximate surface area is 121 Å². The molecule has 0 radical (unpaired) electrons. The number of amides is 1. The molecule has 1 amide bonds. The minimum Gasteiger partial charge on any atom is -0.484 e. The second kappa shape index (κ2) is 6.29. The van der Waals surface area contributed by atoms with E-state index in [9.17, 15) is 4.79 Å². The Balaban J connectivity index is 1.89. The van der Waals surface area contributed by atoms with Gasteiger partial charge in [0.1, 0.15) is 5.75 Å². The monoisotopic (exact) mass is 275 g/mol. The van der Waals surface area contributed by atoms with Crippen molar-refractivity contribution in [2.45, 2.75) is 58.4 Å². The molecule has 0 aromatic heterocycles. The van der Waals surface area contributed by atoms with Gasteiger partial charge in [-0.25, -0.2) is 0 Å². The smallest absolute Gasteiger partial charge is 0.258 e. The van der Waals surface area contributed by atoms with Crippen molar-refractivity contribution in [3.05, 3.63) is 29.3 Å². The van der Waals surface area contributed by atoms with Gasteiger partial charge < -0.3 is 10.1 Å². The average Bonchev–Trinajstić information content (AvgIpc) is 2.44. The van der Waals surface area contributed by atoms with Crippen LogP contribution in [-0.2, 0) is 17.6 Å². The number of fused-ring (bicyclic) bond motifs is 1. The van der Waals surface area contributed by atoms with Crippen LogP contribution in [0, 0.1) is 0 Å². The number of carbonyl (C=O) groups is 1. The summed E-state index contributed by atoms with van der Waals surface area (Å²) in [6, 6.07) is 6.20. The molecule has 0 heterocycles. The summed E-state index contributed by atoms with van der Waals surface area (Å²) in [5.74, 6) is 0.740. The highest BCUT2D eigenvalue weighted by Gasteiger charge is 2.18. The van der Waals surface area contributed by atoms with Gasteiger partial charge in [0, 0.05) is 5.54 Å². The number of hydrogen-bond acceptors (Lipinski definition) is 2. The summed E-state index contributed by atoms with van der Waals surface area (Å²) in [4.78, 5) is 11.8. The van der Waals surface area contributed by atoms with E-state index >= 15 is 0 Å². The van der Waals surface area contributed by atoms with Gasteiger partial charge >= 0.3 is 0 Å². The number of rotatable bonds is 5. The van der Waals surface area contributed by atoms with Crippen LogP contribution in [0.25, 0.3) is 0 Å². The first-order valence-corrected chi connectivity index (χ1v) is 7.56. The van der Waals surface area contributed by atoms with Gasteiger partial charge in [0.15, 0.2) is 6.61 Å². The predicted octanol–water partition coefficient (Wildman–Crippen LogP) is 3.25. The van der Waals surface area contributed by atoms with Gasteiger partial charge in [0.05, 0.1) is 0 Å². The van der Waals surface area contributed by atoms with Crippen LogP contribution >= 0.6 is 0 Å². The van der Waals surface area contributed by atoms with E-state index in [1.165, 1.54) is 30.4 Å². The van der Waals surface area contributed by atoms with Gasteiger partial charge in [-0.15, -0.1) is 0 Å². The molecular weight excluding hydrogens is 250 g/mol. The van der Waals surface area contributed by atoms with Crippen LogP contribution in [0.2, 0.25) is 0 Å². The fourth-order valence-corrected chi connectivity index (χ4v) is 2.45. The van der Waals surface area contributed by atoms with Crippen molar-refractivity contribution in [3.8, 4) is 5.75 Å². The van der Waals surface area contributed by atoms with E-state index in [4.69, 9.17) is 4.74 Å². The third-order valence-electron chi connectivity index (χ3n) is 4.05. The Kier molecular flexibility index (Phi) is 4.69. The van der Waals surface area contributed by atoms with Crippen LogP contribution in [0.5, 0.6) is 5.75 Å². The molecule has 0 atom stereocenters. The molecule has 1 aliphatic rings. The minimum absolute atomic E-state index is 0.0606. The zero-order valence-electron chi connectivity index (χ0n) is 12.8. The lowest BCUT2D eigenvalue weighted by Gasteiger charge is -2.24. The van der Waals surface area contributed by atoms with Crippen LogP contribution in [0.15, 0.2) is 18.2 Å². The van der Waals surface area contributed by atoms with Crippen molar-refractivity contribution in [2.24, 2.45) is 0 Å². The number of aryl methyl sites for hydroxylation is 2. The molecule has 20 heavy (non-hydrogen) atoms. The van der Waals surface area contributed by atoms with Gasteiger partial charge in [-0.05, 0) is 69.2 Å². The molecular formula is C17H25NO2. The van der Waals surface area contributed by atoms with Gasteiger partial charge in [-0.1, -0.05) is 13.0 Å². The van der Waals surface area contributed by atoms with Gasteiger partial charge in [0.25, 0.3) is 5.91 Å². The second-order valence-electron chi connectivity index (χ2n) is 6.21. The number of nitrogens with one attached hydrogen (secondary N) is 1. The average molecular weight is 275 g/mol. The first-order valence-electron chi connectivity index (χ1n) is 7.56. The molecule has 2 rings (SSSR count). The molecule has 0 saturated carbocycles. The normalized spacial score (nSPS) is 14.6. The van der Waals surface area contributed by atoms with Crippen LogP contribution in [0.1, 0.15) is 51.2 Å². The quantitative estimate of drug-likeness (QED) is 0.896. The van der Waals surface area contributed by atoms with E-state index in [0.29, 0.717) is 0 Å². The topological polar surface area (TPSA) is 38.3 Å². The summed E-state index contributed by atoms with van der Waals surface area (Å²) in [7, 11) is 0. The van der Waals surface area contributed by atoms with E-state index in [2.05, 4.69) is 24.4 Å². The highest BCUT2D eigenvalue weighted by molar-refractivity contribution is 5.78. The fourth-order valence-electron chi connectivity index (χ4n) is 2.45. The van der Waals surface area contributed by atoms with Crippen LogP contribution in [-0.4, -0.2) is 18.1 Å². The maximum absolute atomic E-state index is 11.8. The lowest BCUT2D eigenvalue weighted by molar-refractivity contribution is -0.124. The predicted molar refractivity (Wildman–Crippen MR) is 81.1 cm³/mol. The van der Waals surface area contributed by atoms with Gasteiger partial charge in [-0.3, -0.25) is 4.79 Å². The highest BCUT2D eigenvalue weighted by atomic mass is 16.5. The van der Waals surface area contributed by atoms with Crippen molar-refractivity contribution in [1.82, 2.24) is 5.32 Å². The van der Waals surface area contributed by atoms with Crippen molar-refractivity contribution in [1.29, 1.82) is 0 Å². The van der Waals surface area contributed by atoms with E-state index in [0.717, 1.165) is 18.6 Å². The van der Waals surface area contributed by atoms with Crippen molar-refractivity contribution in [2.75, 3.05) is 6.61 Å². The highest BCUT2D eigenvalue weighted by Crippen LogP contribution is 2.25. The Morgan fingerprint density at radius 1 is 1.25 bits per heavy atom. The fraction of sp³-hybridized carbons (Fsp3) is 0.588. The third kappa shape index (κ3) is 3.99. The summed E-state index contributed by atoms with van der Waals surface area (Å²) in [6.45, 7) is 6.18. The summed E-state index contributed by atoms with van der Waals surface area (Å²) in [5.41, 5.74) is 2.64. The van der Waals surface area contributed by atoms with E-state index < -0.39 is 0 Å². The van der Waals surface area contributed by atoms with Crippen molar-refractivity contribution in [3.63, 3.8) is 0 Å². The number of benzene rings is 1. The standard InChI is InChI=1S/C17H25NO2/c1-4-17(2,3)18-16(19)12-20-15-10-9-13-7-5-6-8-14(13)11-15/h9-11H,4-8,12H2,1-3H3,(H,18,19). The molecule has 0 aliphatic heterocycles. The Bertz CT molecular complexity index is 480. The van der Waals surface area contributed by atoms with E-state index in [-0.39, 0.29) is 18.1 Å². The molecule has 0 unspecified atom stereocenters. The van der Waals surface area contributed by atoms with Crippen LogP contribution < -0.4 is 10.1 Å². The minimum atomic E-state index is -0.170. The zero-order valence-corrected chi connectivity index (χ0v) is 12.8. The van der Waals surface area contributed by atoms with Gasteiger partial charge in [0.2, 0.25) is 0 Å². The maximum Gasteiger partial charge on any atom is 0.258 e. The van der Waals surface area contributed by atoms with E-state index in [1.54, 1.807) is 0 Å². The summed E-state index contributed by atoms with van der Waals surface area (Å²) in [6.07, 6.45) is 5.73. The Hall–Kier alpha value is -1.51. The Morgan fingerprint density at radius 2 is 1.95 bits per heavy atom. The first-order chi connectivity index (χ1) is 9.50. The van der Waals surface area contributed by atoms with Crippen LogP contribution in [0.3, 0.4) is 0 Å². The third-order valence-corrected chi connectivity index (χ3v) is 4.05. The molecule has 1 aromatic carbocycles. The number of hydrogen-bond donors (Lipinski definition) is 1. The van der Waals surface area contributed by atoms with Crippen molar-refractivity contribution < 1.29 is 9.53 Å². The molecule has 0 bridgehead atoms. The molecule has 1 aromatic rings. The largest absolute Gasteiger partial charge is 0.484 e. The maximum atomic E-state index is 11.8. The van der Waals surface area contributed by atoms with Crippen molar-refractivity contribution >= 4 is 5.91 Å². The lowest BCUT2D eigenvalue weighted by Crippen LogP contribution is -2.44. The summed E-state index contributed by atoms with van der Waals surface area (Å²) in [5, 5.41) is 2.97. The molecule has 3 nitrogen and oxygen atoms in total. The Morgan fingerprint density at radius 3 is 2.65 bits per heavy atom. The molecule has 0 spiro atoms. The zero-order chi connectivity index (χ0) is 14.6. The number of ether oxygens (including phenoxy) is 1. The van der Waals surface area contributed by atoms with Crippen LogP contribution in [0.4, 0.5) is 0 Å². The molecule has 110 valence electrons. The SMILES string of the molecule is CCC(C)(C)NC(=O)COc1ccc2c(c1)CCCC2. The lowest BCUT2D eigenvalue weighted by atomic mass is 9.92. The molecule has 1 N–H and O–H groups in total. The first kappa shape index (κ1) is 14.9. The molecule has 1 aliphatic carbocycles. The summed E-state index contributed by atoms with van der Waals surface area (Å²) >= 11 is 0. The van der Waals surface area contributed by atoms with E-state index in [1.807, 2.05) is 19.9 Å². The molecule has 0 saturated heterocycles. The molecule has 3 heteroatoms. The van der Waals surface area contributed by atoms with Gasteiger partial charge in [-0.2, -0.15) is 0 Å². The molecule has 0 fully saturated rings. The second-order valence-corrected chi connectivity index (χ2v) is 6.21.